The lowest BCUT2D eigenvalue weighted by Crippen LogP contribution is -2.24. The highest BCUT2D eigenvalue weighted by Crippen LogP contribution is 2.35. The first-order valence-corrected chi connectivity index (χ1v) is 8.25. The number of rotatable bonds is 5. The molecule has 0 aliphatic heterocycles. The van der Waals surface area contributed by atoms with Crippen LogP contribution in [-0.4, -0.2) is 12.6 Å². The Morgan fingerprint density at radius 3 is 2.43 bits per heavy atom. The molecule has 0 amide bonds. The van der Waals surface area contributed by atoms with E-state index in [4.69, 9.17) is 4.74 Å². The molecule has 4 heteroatoms. The summed E-state index contributed by atoms with van der Waals surface area (Å²) in [5.41, 5.74) is 2.93. The molecule has 0 unspecified atom stereocenters. The maximum absolute atomic E-state index is 12.3. The van der Waals surface area contributed by atoms with Crippen molar-refractivity contribution >= 4 is 21.9 Å². The molecule has 0 radical (unpaired) electrons. The Labute approximate surface area is 145 Å². The zero-order valence-corrected chi connectivity index (χ0v) is 14.7. The van der Waals surface area contributed by atoms with Gasteiger partial charge in [0.25, 0.3) is 0 Å². The smallest absolute Gasteiger partial charge is 0.324 e. The highest BCUT2D eigenvalue weighted by molar-refractivity contribution is 9.10. The topological polar surface area (TPSA) is 50.1 Å². The number of hydrogen-bond donors (Lipinski definition) is 0. The molecule has 2 aromatic carbocycles. The molecule has 23 heavy (non-hydrogen) atoms. The van der Waals surface area contributed by atoms with Crippen molar-refractivity contribution in [2.75, 3.05) is 6.61 Å². The number of aryl methyl sites for hydroxylation is 1. The van der Waals surface area contributed by atoms with Crippen LogP contribution in [0.3, 0.4) is 0 Å². The third kappa shape index (κ3) is 4.00. The van der Waals surface area contributed by atoms with Crippen LogP contribution in [0.5, 0.6) is 0 Å². The van der Waals surface area contributed by atoms with E-state index in [-0.39, 0.29) is 12.5 Å². The first kappa shape index (κ1) is 17.2. The number of nitrogens with zero attached hydrogens (tertiary/aromatic N) is 1. The monoisotopic (exact) mass is 371 g/mol. The Hall–Kier alpha value is -2.12. The highest BCUT2D eigenvalue weighted by Gasteiger charge is 2.33. The van der Waals surface area contributed by atoms with E-state index in [1.807, 2.05) is 55.5 Å². The first-order valence-electron chi connectivity index (χ1n) is 7.45. The molecular formula is C19H18BrNO2. The van der Waals surface area contributed by atoms with E-state index < -0.39 is 11.9 Å². The van der Waals surface area contributed by atoms with Gasteiger partial charge in [0.2, 0.25) is 0 Å². The summed E-state index contributed by atoms with van der Waals surface area (Å²) in [6.07, 6.45) is 0. The minimum atomic E-state index is -0.878. The van der Waals surface area contributed by atoms with Gasteiger partial charge in [0.05, 0.1) is 12.7 Å². The zero-order valence-electron chi connectivity index (χ0n) is 13.1. The number of ether oxygens (including phenoxy) is 1. The van der Waals surface area contributed by atoms with Crippen molar-refractivity contribution in [1.29, 1.82) is 5.26 Å². The summed E-state index contributed by atoms with van der Waals surface area (Å²) in [5, 5.41) is 9.60. The summed E-state index contributed by atoms with van der Waals surface area (Å²) in [5.74, 6) is -1.71. The van der Waals surface area contributed by atoms with Crippen LogP contribution >= 0.6 is 15.9 Å². The number of benzene rings is 2. The summed E-state index contributed by atoms with van der Waals surface area (Å²) >= 11 is 3.42. The molecule has 2 rings (SSSR count). The van der Waals surface area contributed by atoms with Crippen LogP contribution in [0.15, 0.2) is 53.0 Å². The SMILES string of the molecule is CCOC(=O)[C@H](C#N)[C@H](c1ccc(Br)cc1)c1ccccc1C. The van der Waals surface area contributed by atoms with Gasteiger partial charge in [0, 0.05) is 10.4 Å². The van der Waals surface area contributed by atoms with Gasteiger partial charge in [-0.2, -0.15) is 5.26 Å². The highest BCUT2D eigenvalue weighted by atomic mass is 79.9. The molecule has 0 fully saturated rings. The molecule has 2 atom stereocenters. The van der Waals surface area contributed by atoms with Crippen LogP contribution in [0.2, 0.25) is 0 Å². The number of halogens is 1. The fourth-order valence-electron chi connectivity index (χ4n) is 2.65. The van der Waals surface area contributed by atoms with E-state index in [1.54, 1.807) is 6.92 Å². The number of carbonyl (C=O) groups excluding carboxylic acids is 1. The molecule has 3 nitrogen and oxygen atoms in total. The predicted molar refractivity (Wildman–Crippen MR) is 92.9 cm³/mol. The second-order valence-corrected chi connectivity index (χ2v) is 6.16. The molecule has 0 aliphatic rings. The van der Waals surface area contributed by atoms with Crippen molar-refractivity contribution < 1.29 is 9.53 Å². The lowest BCUT2D eigenvalue weighted by Gasteiger charge is -2.23. The molecule has 118 valence electrons. The van der Waals surface area contributed by atoms with Crippen molar-refractivity contribution in [1.82, 2.24) is 0 Å². The van der Waals surface area contributed by atoms with Gasteiger partial charge >= 0.3 is 5.97 Å². The van der Waals surface area contributed by atoms with E-state index in [9.17, 15) is 10.1 Å². The summed E-state index contributed by atoms with van der Waals surface area (Å²) in [6.45, 7) is 3.99. The van der Waals surface area contributed by atoms with E-state index in [0.717, 1.165) is 21.2 Å². The van der Waals surface area contributed by atoms with Gasteiger partial charge in [-0.3, -0.25) is 4.79 Å². The Bertz CT molecular complexity index is 719. The maximum Gasteiger partial charge on any atom is 0.324 e. The number of hydrogen-bond acceptors (Lipinski definition) is 3. The standard InChI is InChI=1S/C19H18BrNO2/c1-3-23-19(22)17(12-21)18(14-8-10-15(20)11-9-14)16-7-5-4-6-13(16)2/h4-11,17-18H,3H2,1-2H3/t17-,18-/m1/s1. The molecular weight excluding hydrogens is 354 g/mol. The van der Waals surface area contributed by atoms with Crippen LogP contribution in [0, 0.1) is 24.2 Å². The number of esters is 1. The van der Waals surface area contributed by atoms with Gasteiger partial charge in [-0.05, 0) is 42.7 Å². The van der Waals surface area contributed by atoms with Crippen LogP contribution in [0.1, 0.15) is 29.5 Å². The molecule has 0 aromatic heterocycles. The van der Waals surface area contributed by atoms with Crippen LogP contribution in [0.25, 0.3) is 0 Å². The minimum Gasteiger partial charge on any atom is -0.465 e. The largest absolute Gasteiger partial charge is 0.465 e. The third-order valence-electron chi connectivity index (χ3n) is 3.77. The Morgan fingerprint density at radius 2 is 1.87 bits per heavy atom. The normalized spacial score (nSPS) is 13.0. The van der Waals surface area contributed by atoms with E-state index in [0.29, 0.717) is 0 Å². The molecule has 0 N–H and O–H groups in total. The van der Waals surface area contributed by atoms with Crippen molar-refractivity contribution in [3.05, 3.63) is 69.7 Å². The maximum atomic E-state index is 12.3. The molecule has 0 aliphatic carbocycles. The Balaban J connectivity index is 2.55. The second-order valence-electron chi connectivity index (χ2n) is 5.24. The summed E-state index contributed by atoms with van der Waals surface area (Å²) < 4.78 is 6.06. The number of nitriles is 1. The molecule has 0 spiro atoms. The fourth-order valence-corrected chi connectivity index (χ4v) is 2.92. The average molecular weight is 372 g/mol. The molecule has 0 heterocycles. The minimum absolute atomic E-state index is 0.262. The van der Waals surface area contributed by atoms with Crippen LogP contribution in [-0.2, 0) is 9.53 Å². The van der Waals surface area contributed by atoms with E-state index in [1.165, 1.54) is 0 Å². The molecule has 0 saturated carbocycles. The summed E-state index contributed by atoms with van der Waals surface area (Å²) in [4.78, 5) is 12.3. The van der Waals surface area contributed by atoms with Crippen LogP contribution < -0.4 is 0 Å². The van der Waals surface area contributed by atoms with Gasteiger partial charge < -0.3 is 4.74 Å². The lowest BCUT2D eigenvalue weighted by atomic mass is 9.79. The van der Waals surface area contributed by atoms with E-state index in [2.05, 4.69) is 22.0 Å². The summed E-state index contributed by atoms with van der Waals surface area (Å²) in [7, 11) is 0. The zero-order chi connectivity index (χ0) is 16.8. The van der Waals surface area contributed by atoms with Gasteiger partial charge in [0.1, 0.15) is 0 Å². The predicted octanol–water partition coefficient (Wildman–Crippen LogP) is 4.59. The van der Waals surface area contributed by atoms with Gasteiger partial charge in [-0.15, -0.1) is 0 Å². The van der Waals surface area contributed by atoms with Gasteiger partial charge in [-0.1, -0.05) is 52.3 Å². The van der Waals surface area contributed by atoms with Gasteiger partial charge in [0.15, 0.2) is 5.92 Å². The Kier molecular flexibility index (Phi) is 5.95. The number of carbonyl (C=O) groups is 1. The van der Waals surface area contributed by atoms with E-state index >= 15 is 0 Å². The Morgan fingerprint density at radius 1 is 1.22 bits per heavy atom. The lowest BCUT2D eigenvalue weighted by molar-refractivity contribution is -0.146. The second kappa shape index (κ2) is 7.94. The summed E-state index contributed by atoms with van der Waals surface area (Å²) in [6, 6.07) is 17.7. The molecule has 2 aromatic rings. The van der Waals surface area contributed by atoms with Crippen molar-refractivity contribution in [2.24, 2.45) is 5.92 Å². The van der Waals surface area contributed by atoms with Crippen molar-refractivity contribution in [2.45, 2.75) is 19.8 Å². The van der Waals surface area contributed by atoms with Crippen LogP contribution in [0.4, 0.5) is 0 Å². The fraction of sp³-hybridized carbons (Fsp3) is 0.263. The third-order valence-corrected chi connectivity index (χ3v) is 4.29. The molecule has 0 bridgehead atoms. The van der Waals surface area contributed by atoms with Crippen molar-refractivity contribution in [3.63, 3.8) is 0 Å². The average Bonchev–Trinajstić information content (AvgIpc) is 2.55. The first-order chi connectivity index (χ1) is 11.1. The van der Waals surface area contributed by atoms with Gasteiger partial charge in [-0.25, -0.2) is 0 Å². The molecule has 0 saturated heterocycles. The quantitative estimate of drug-likeness (QED) is 0.722. The van der Waals surface area contributed by atoms with Crippen molar-refractivity contribution in [3.8, 4) is 6.07 Å².